The number of benzene rings is 2. The van der Waals surface area contributed by atoms with Crippen LogP contribution in [0.3, 0.4) is 0 Å². The molecule has 3 nitrogen and oxygen atoms in total. The quantitative estimate of drug-likeness (QED) is 0.822. The van der Waals surface area contributed by atoms with Gasteiger partial charge in [0.15, 0.2) is 0 Å². The molecule has 0 bridgehead atoms. The fourth-order valence-electron chi connectivity index (χ4n) is 2.19. The van der Waals surface area contributed by atoms with Crippen LogP contribution in [0.4, 0.5) is 0 Å². The average Bonchev–Trinajstić information content (AvgIpc) is 2.52. The van der Waals surface area contributed by atoms with Gasteiger partial charge in [0.1, 0.15) is 0 Å². The van der Waals surface area contributed by atoms with Gasteiger partial charge in [0.05, 0.1) is 16.2 Å². The standard InChI is InChI=1S/C18H19Cl2NO2/c1-18(23,10-9-13-5-3-2-4-6-13)12-21-17(22)15-8-7-14(19)11-16(15)20/h2-8,11,23H,9-10,12H2,1H3,(H,21,22). The van der Waals surface area contributed by atoms with Crippen molar-refractivity contribution >= 4 is 29.1 Å². The summed E-state index contributed by atoms with van der Waals surface area (Å²) in [5.74, 6) is -0.327. The summed E-state index contributed by atoms with van der Waals surface area (Å²) in [7, 11) is 0. The molecule has 0 aliphatic heterocycles. The number of carbonyl (C=O) groups is 1. The first-order valence-electron chi connectivity index (χ1n) is 7.37. The van der Waals surface area contributed by atoms with Crippen molar-refractivity contribution in [3.8, 4) is 0 Å². The second kappa shape index (κ2) is 7.82. The summed E-state index contributed by atoms with van der Waals surface area (Å²) in [5.41, 5.74) is 0.500. The van der Waals surface area contributed by atoms with Crippen molar-refractivity contribution in [2.75, 3.05) is 6.54 Å². The number of hydrogen-bond acceptors (Lipinski definition) is 2. The topological polar surface area (TPSA) is 49.3 Å². The monoisotopic (exact) mass is 351 g/mol. The third-order valence-corrected chi connectivity index (χ3v) is 4.15. The lowest BCUT2D eigenvalue weighted by atomic mass is 9.96. The molecule has 5 heteroatoms. The van der Waals surface area contributed by atoms with Crippen molar-refractivity contribution in [1.29, 1.82) is 0 Å². The van der Waals surface area contributed by atoms with E-state index in [4.69, 9.17) is 23.2 Å². The van der Waals surface area contributed by atoms with E-state index in [-0.39, 0.29) is 12.5 Å². The molecule has 0 radical (unpaired) electrons. The van der Waals surface area contributed by atoms with Crippen LogP contribution in [0.1, 0.15) is 29.3 Å². The van der Waals surface area contributed by atoms with E-state index in [0.717, 1.165) is 12.0 Å². The minimum Gasteiger partial charge on any atom is -0.388 e. The molecule has 2 N–H and O–H groups in total. The number of amides is 1. The summed E-state index contributed by atoms with van der Waals surface area (Å²) in [6.07, 6.45) is 1.29. The van der Waals surface area contributed by atoms with E-state index in [1.165, 1.54) is 6.07 Å². The first-order valence-corrected chi connectivity index (χ1v) is 8.12. The first kappa shape index (κ1) is 17.8. The highest BCUT2D eigenvalue weighted by atomic mass is 35.5. The highest BCUT2D eigenvalue weighted by Crippen LogP contribution is 2.21. The van der Waals surface area contributed by atoms with E-state index < -0.39 is 5.60 Å². The van der Waals surface area contributed by atoms with Crippen LogP contribution in [-0.4, -0.2) is 23.2 Å². The molecule has 2 aromatic carbocycles. The molecule has 0 spiro atoms. The van der Waals surface area contributed by atoms with E-state index in [9.17, 15) is 9.90 Å². The van der Waals surface area contributed by atoms with Crippen molar-refractivity contribution in [2.24, 2.45) is 0 Å². The first-order chi connectivity index (χ1) is 10.9. The minimum atomic E-state index is -0.996. The van der Waals surface area contributed by atoms with Crippen molar-refractivity contribution < 1.29 is 9.90 Å². The lowest BCUT2D eigenvalue weighted by Gasteiger charge is -2.24. The summed E-state index contributed by atoms with van der Waals surface area (Å²) < 4.78 is 0. The molecule has 0 aliphatic rings. The van der Waals surface area contributed by atoms with E-state index in [0.29, 0.717) is 22.0 Å². The molecule has 0 aromatic heterocycles. The van der Waals surface area contributed by atoms with Gasteiger partial charge in [-0.05, 0) is 43.5 Å². The number of halogens is 2. The Bertz CT molecular complexity index is 672. The number of nitrogens with one attached hydrogen (secondary N) is 1. The van der Waals surface area contributed by atoms with Crippen molar-refractivity contribution in [3.05, 3.63) is 69.7 Å². The maximum Gasteiger partial charge on any atom is 0.252 e. The number of aryl methyl sites for hydroxylation is 1. The number of hydrogen-bond donors (Lipinski definition) is 2. The SMILES string of the molecule is CC(O)(CCc1ccccc1)CNC(=O)c1ccc(Cl)cc1Cl. The molecule has 2 rings (SSSR count). The van der Waals surface area contributed by atoms with Crippen LogP contribution in [0, 0.1) is 0 Å². The molecule has 122 valence electrons. The van der Waals surface area contributed by atoms with Gasteiger partial charge < -0.3 is 10.4 Å². The Labute approximate surface area is 146 Å². The minimum absolute atomic E-state index is 0.150. The van der Waals surface area contributed by atoms with Gasteiger partial charge in [-0.2, -0.15) is 0 Å². The molecule has 23 heavy (non-hydrogen) atoms. The summed E-state index contributed by atoms with van der Waals surface area (Å²) in [6.45, 7) is 1.86. The van der Waals surface area contributed by atoms with Crippen LogP contribution < -0.4 is 5.32 Å². The van der Waals surface area contributed by atoms with E-state index in [1.54, 1.807) is 19.1 Å². The third kappa shape index (κ3) is 5.54. The zero-order valence-electron chi connectivity index (χ0n) is 12.9. The molecule has 0 saturated heterocycles. The van der Waals surface area contributed by atoms with E-state index in [2.05, 4.69) is 5.32 Å². The van der Waals surface area contributed by atoms with Crippen molar-refractivity contribution in [3.63, 3.8) is 0 Å². The maximum absolute atomic E-state index is 12.1. The summed E-state index contributed by atoms with van der Waals surface area (Å²) in [4.78, 5) is 12.1. The highest BCUT2D eigenvalue weighted by molar-refractivity contribution is 6.36. The zero-order valence-corrected chi connectivity index (χ0v) is 14.4. The van der Waals surface area contributed by atoms with Gasteiger partial charge in [0.25, 0.3) is 5.91 Å². The van der Waals surface area contributed by atoms with Crippen LogP contribution in [0.5, 0.6) is 0 Å². The molecule has 1 unspecified atom stereocenters. The third-order valence-electron chi connectivity index (χ3n) is 3.60. The van der Waals surface area contributed by atoms with Gasteiger partial charge in [0, 0.05) is 11.6 Å². The van der Waals surface area contributed by atoms with Crippen LogP contribution >= 0.6 is 23.2 Å². The smallest absolute Gasteiger partial charge is 0.252 e. The summed E-state index contributed by atoms with van der Waals surface area (Å²) in [5, 5.41) is 13.9. The van der Waals surface area contributed by atoms with Gasteiger partial charge in [-0.15, -0.1) is 0 Å². The maximum atomic E-state index is 12.1. The normalized spacial score (nSPS) is 13.4. The summed E-state index contributed by atoms with van der Waals surface area (Å²) >= 11 is 11.8. The molecule has 0 saturated carbocycles. The molecule has 1 amide bonds. The number of carbonyl (C=O) groups excluding carboxylic acids is 1. The van der Waals surface area contributed by atoms with Crippen LogP contribution in [0.2, 0.25) is 10.0 Å². The highest BCUT2D eigenvalue weighted by Gasteiger charge is 2.22. The molecule has 0 heterocycles. The molecule has 0 aliphatic carbocycles. The van der Waals surface area contributed by atoms with Gasteiger partial charge in [0.2, 0.25) is 0 Å². The van der Waals surface area contributed by atoms with Crippen LogP contribution in [0.15, 0.2) is 48.5 Å². The Morgan fingerprint density at radius 1 is 1.17 bits per heavy atom. The van der Waals surface area contributed by atoms with Crippen molar-refractivity contribution in [1.82, 2.24) is 5.32 Å². The Morgan fingerprint density at radius 3 is 2.52 bits per heavy atom. The van der Waals surface area contributed by atoms with Gasteiger partial charge in [-0.3, -0.25) is 4.79 Å². The van der Waals surface area contributed by atoms with Crippen LogP contribution in [0.25, 0.3) is 0 Å². The molecular formula is C18H19Cl2NO2. The predicted octanol–water partition coefficient (Wildman–Crippen LogP) is 4.11. The summed E-state index contributed by atoms with van der Waals surface area (Å²) in [6, 6.07) is 14.6. The average molecular weight is 352 g/mol. The second-order valence-electron chi connectivity index (χ2n) is 5.79. The van der Waals surface area contributed by atoms with Gasteiger partial charge in [-0.25, -0.2) is 0 Å². The fourth-order valence-corrected chi connectivity index (χ4v) is 2.68. The Hall–Kier alpha value is -1.55. The van der Waals surface area contributed by atoms with Crippen molar-refractivity contribution in [2.45, 2.75) is 25.4 Å². The molecular weight excluding hydrogens is 333 g/mol. The second-order valence-corrected chi connectivity index (χ2v) is 6.63. The number of rotatable bonds is 6. The van der Waals surface area contributed by atoms with E-state index >= 15 is 0 Å². The zero-order chi connectivity index (χ0) is 16.9. The van der Waals surface area contributed by atoms with E-state index in [1.807, 2.05) is 30.3 Å². The molecule has 1 atom stereocenters. The lowest BCUT2D eigenvalue weighted by Crippen LogP contribution is -2.41. The van der Waals surface area contributed by atoms with Gasteiger partial charge >= 0.3 is 0 Å². The number of aliphatic hydroxyl groups is 1. The van der Waals surface area contributed by atoms with Crippen LogP contribution in [-0.2, 0) is 6.42 Å². The molecule has 2 aromatic rings. The Balaban J connectivity index is 1.89. The Morgan fingerprint density at radius 2 is 1.87 bits per heavy atom. The Kier molecular flexibility index (Phi) is 6.05. The fraction of sp³-hybridized carbons (Fsp3) is 0.278. The van der Waals surface area contributed by atoms with Gasteiger partial charge in [-0.1, -0.05) is 53.5 Å². The lowest BCUT2D eigenvalue weighted by molar-refractivity contribution is 0.0478. The largest absolute Gasteiger partial charge is 0.388 e. The molecule has 0 fully saturated rings. The predicted molar refractivity (Wildman–Crippen MR) is 94.2 cm³/mol.